The van der Waals surface area contributed by atoms with Crippen LogP contribution in [0.2, 0.25) is 0 Å². The highest BCUT2D eigenvalue weighted by molar-refractivity contribution is 5.70. The van der Waals surface area contributed by atoms with Gasteiger partial charge in [0.15, 0.2) is 0 Å². The molecule has 112 valence electrons. The lowest BCUT2D eigenvalue weighted by atomic mass is 10.1. The Kier molecular flexibility index (Phi) is 3.92. The van der Waals surface area contributed by atoms with Gasteiger partial charge >= 0.3 is 5.97 Å². The van der Waals surface area contributed by atoms with Crippen molar-refractivity contribution in [1.29, 1.82) is 0 Å². The van der Waals surface area contributed by atoms with Gasteiger partial charge in [-0.25, -0.2) is 4.98 Å². The molecule has 3 rings (SSSR count). The van der Waals surface area contributed by atoms with Crippen molar-refractivity contribution in [2.75, 3.05) is 13.1 Å². The molecule has 1 saturated heterocycles. The number of carboxylic acids is 1. The Morgan fingerprint density at radius 1 is 1.29 bits per heavy atom. The molecule has 1 aliphatic rings. The third-order valence-electron chi connectivity index (χ3n) is 4.16. The van der Waals surface area contributed by atoms with Crippen molar-refractivity contribution >= 4 is 11.6 Å². The number of aliphatic carboxylic acids is 1. The first-order chi connectivity index (χ1) is 10.1. The number of pyridine rings is 1. The van der Waals surface area contributed by atoms with E-state index >= 15 is 0 Å². The fraction of sp³-hybridized carbons (Fsp3) is 0.500. The number of rotatable bonds is 4. The van der Waals surface area contributed by atoms with Gasteiger partial charge in [0.2, 0.25) is 0 Å². The predicted octanol–water partition coefficient (Wildman–Crippen LogP) is 2.26. The quantitative estimate of drug-likeness (QED) is 0.937. The lowest BCUT2D eigenvalue weighted by Gasteiger charge is -2.26. The SMILES string of the molecule is Cc1cccc2nc(CC(=O)O)c(CN3CCCCC3)n12. The summed E-state index contributed by atoms with van der Waals surface area (Å²) in [5, 5.41) is 9.13. The van der Waals surface area contributed by atoms with Crippen LogP contribution in [0, 0.1) is 6.92 Å². The lowest BCUT2D eigenvalue weighted by molar-refractivity contribution is -0.136. The minimum Gasteiger partial charge on any atom is -0.481 e. The number of carboxylic acid groups (broad SMARTS) is 1. The van der Waals surface area contributed by atoms with E-state index in [2.05, 4.69) is 14.3 Å². The molecule has 0 spiro atoms. The Bertz CT molecular complexity index is 657. The first kappa shape index (κ1) is 14.1. The summed E-state index contributed by atoms with van der Waals surface area (Å²) in [6.45, 7) is 5.00. The standard InChI is InChI=1S/C16H21N3O2/c1-12-6-5-7-15-17-13(10-16(20)21)14(19(12)15)11-18-8-3-2-4-9-18/h5-7H,2-4,8-11H2,1H3,(H,20,21). The molecule has 5 heteroatoms. The first-order valence-electron chi connectivity index (χ1n) is 7.55. The van der Waals surface area contributed by atoms with E-state index in [-0.39, 0.29) is 6.42 Å². The van der Waals surface area contributed by atoms with Gasteiger partial charge in [0.1, 0.15) is 5.65 Å². The van der Waals surface area contributed by atoms with Crippen molar-refractivity contribution in [3.63, 3.8) is 0 Å². The van der Waals surface area contributed by atoms with Crippen molar-refractivity contribution in [2.24, 2.45) is 0 Å². The Hall–Kier alpha value is -1.88. The summed E-state index contributed by atoms with van der Waals surface area (Å²) < 4.78 is 2.10. The van der Waals surface area contributed by atoms with E-state index in [4.69, 9.17) is 5.11 Å². The van der Waals surface area contributed by atoms with E-state index in [1.54, 1.807) is 0 Å². The molecule has 0 atom stereocenters. The average molecular weight is 287 g/mol. The van der Waals surface area contributed by atoms with Gasteiger partial charge in [0, 0.05) is 12.2 Å². The Balaban J connectivity index is 2.01. The molecule has 21 heavy (non-hydrogen) atoms. The van der Waals surface area contributed by atoms with Crippen molar-refractivity contribution in [1.82, 2.24) is 14.3 Å². The Morgan fingerprint density at radius 2 is 2.05 bits per heavy atom. The zero-order valence-electron chi connectivity index (χ0n) is 12.4. The number of hydrogen-bond donors (Lipinski definition) is 1. The van der Waals surface area contributed by atoms with Crippen LogP contribution in [0.5, 0.6) is 0 Å². The van der Waals surface area contributed by atoms with Crippen LogP contribution in [0.4, 0.5) is 0 Å². The van der Waals surface area contributed by atoms with Crippen molar-refractivity contribution in [2.45, 2.75) is 39.2 Å². The van der Waals surface area contributed by atoms with E-state index in [0.717, 1.165) is 36.7 Å². The fourth-order valence-electron chi connectivity index (χ4n) is 3.15. The van der Waals surface area contributed by atoms with Gasteiger partial charge in [-0.2, -0.15) is 0 Å². The number of aromatic nitrogens is 2. The zero-order valence-corrected chi connectivity index (χ0v) is 12.4. The van der Waals surface area contributed by atoms with E-state index in [0.29, 0.717) is 5.69 Å². The van der Waals surface area contributed by atoms with Crippen LogP contribution < -0.4 is 0 Å². The van der Waals surface area contributed by atoms with E-state index < -0.39 is 5.97 Å². The third kappa shape index (κ3) is 2.93. The maximum atomic E-state index is 11.1. The minimum atomic E-state index is -0.823. The van der Waals surface area contributed by atoms with E-state index in [1.165, 1.54) is 19.3 Å². The topological polar surface area (TPSA) is 57.8 Å². The van der Waals surface area contributed by atoms with Crippen LogP contribution in [0.15, 0.2) is 18.2 Å². The van der Waals surface area contributed by atoms with Gasteiger partial charge in [-0.1, -0.05) is 12.5 Å². The van der Waals surface area contributed by atoms with E-state index in [1.807, 2.05) is 25.1 Å². The fourth-order valence-corrected chi connectivity index (χ4v) is 3.15. The molecule has 1 aliphatic heterocycles. The molecule has 1 N–H and O–H groups in total. The summed E-state index contributed by atoms with van der Waals surface area (Å²) in [5.41, 5.74) is 3.68. The lowest BCUT2D eigenvalue weighted by Crippen LogP contribution is -2.30. The maximum Gasteiger partial charge on any atom is 0.309 e. The van der Waals surface area contributed by atoms with Gasteiger partial charge in [0.05, 0.1) is 17.8 Å². The number of piperidine rings is 1. The molecule has 5 nitrogen and oxygen atoms in total. The summed E-state index contributed by atoms with van der Waals surface area (Å²) in [4.78, 5) is 18.1. The summed E-state index contributed by atoms with van der Waals surface area (Å²) in [6.07, 6.45) is 3.74. The monoisotopic (exact) mass is 287 g/mol. The number of carbonyl (C=O) groups is 1. The number of fused-ring (bicyclic) bond motifs is 1. The normalized spacial score (nSPS) is 16.4. The van der Waals surface area contributed by atoms with E-state index in [9.17, 15) is 4.79 Å². The number of nitrogens with zero attached hydrogens (tertiary/aromatic N) is 3. The van der Waals surface area contributed by atoms with Gasteiger partial charge in [-0.3, -0.25) is 14.1 Å². The number of hydrogen-bond acceptors (Lipinski definition) is 3. The smallest absolute Gasteiger partial charge is 0.309 e. The highest BCUT2D eigenvalue weighted by Crippen LogP contribution is 2.20. The minimum absolute atomic E-state index is 0.00963. The molecule has 0 bridgehead atoms. The highest BCUT2D eigenvalue weighted by atomic mass is 16.4. The summed E-state index contributed by atoms with van der Waals surface area (Å²) in [6, 6.07) is 5.95. The second-order valence-electron chi connectivity index (χ2n) is 5.77. The van der Waals surface area contributed by atoms with Gasteiger partial charge in [-0.15, -0.1) is 0 Å². The third-order valence-corrected chi connectivity index (χ3v) is 4.16. The zero-order chi connectivity index (χ0) is 14.8. The van der Waals surface area contributed by atoms with Crippen LogP contribution in [0.25, 0.3) is 5.65 Å². The number of likely N-dealkylation sites (tertiary alicyclic amines) is 1. The summed E-state index contributed by atoms with van der Waals surface area (Å²) >= 11 is 0. The van der Waals surface area contributed by atoms with Crippen LogP contribution in [-0.4, -0.2) is 38.4 Å². The molecule has 2 aromatic heterocycles. The Labute approximate surface area is 124 Å². The molecule has 0 saturated carbocycles. The van der Waals surface area contributed by atoms with Crippen LogP contribution in [0.3, 0.4) is 0 Å². The molecular weight excluding hydrogens is 266 g/mol. The van der Waals surface area contributed by atoms with Crippen molar-refractivity contribution < 1.29 is 9.90 Å². The average Bonchev–Trinajstić information content (AvgIpc) is 2.78. The predicted molar refractivity (Wildman–Crippen MR) is 80.4 cm³/mol. The molecule has 0 aromatic carbocycles. The Morgan fingerprint density at radius 3 is 2.76 bits per heavy atom. The first-order valence-corrected chi connectivity index (χ1v) is 7.55. The molecule has 0 unspecified atom stereocenters. The van der Waals surface area contributed by atoms with Gasteiger partial charge in [0.25, 0.3) is 0 Å². The molecule has 0 amide bonds. The van der Waals surface area contributed by atoms with Crippen LogP contribution in [0.1, 0.15) is 36.3 Å². The van der Waals surface area contributed by atoms with Crippen molar-refractivity contribution in [3.05, 3.63) is 35.3 Å². The second-order valence-corrected chi connectivity index (χ2v) is 5.77. The van der Waals surface area contributed by atoms with Crippen molar-refractivity contribution in [3.8, 4) is 0 Å². The van der Waals surface area contributed by atoms with Gasteiger partial charge < -0.3 is 5.11 Å². The maximum absolute atomic E-state index is 11.1. The van der Waals surface area contributed by atoms with Crippen LogP contribution in [-0.2, 0) is 17.8 Å². The summed E-state index contributed by atoms with van der Waals surface area (Å²) in [5.74, 6) is -0.823. The number of imidazole rings is 1. The molecule has 0 aliphatic carbocycles. The number of aryl methyl sites for hydroxylation is 1. The molecular formula is C16H21N3O2. The molecule has 1 fully saturated rings. The second kappa shape index (κ2) is 5.85. The van der Waals surface area contributed by atoms with Gasteiger partial charge in [-0.05, 0) is 45.0 Å². The molecule has 0 radical (unpaired) electrons. The van der Waals surface area contributed by atoms with Crippen LogP contribution >= 0.6 is 0 Å². The molecule has 2 aromatic rings. The highest BCUT2D eigenvalue weighted by Gasteiger charge is 2.19. The largest absolute Gasteiger partial charge is 0.481 e. The summed E-state index contributed by atoms with van der Waals surface area (Å²) in [7, 11) is 0. The molecule has 3 heterocycles.